The first kappa shape index (κ1) is 11.8. The van der Waals surface area contributed by atoms with Crippen molar-refractivity contribution in [3.63, 3.8) is 0 Å². The van der Waals surface area contributed by atoms with Gasteiger partial charge in [0.2, 0.25) is 0 Å². The lowest BCUT2D eigenvalue weighted by molar-refractivity contribution is 0.639. The van der Waals surface area contributed by atoms with Crippen LogP contribution in [0.1, 0.15) is 25.3 Å². The first-order valence-electron chi connectivity index (χ1n) is 4.95. The van der Waals surface area contributed by atoms with Gasteiger partial charge in [0.15, 0.2) is 0 Å². The molecule has 0 aliphatic rings. The summed E-state index contributed by atoms with van der Waals surface area (Å²) in [4.78, 5) is 4.24. The van der Waals surface area contributed by atoms with Gasteiger partial charge < -0.3 is 0 Å². The number of aromatic nitrogens is 1. The molecule has 84 valence electrons. The maximum absolute atomic E-state index is 13.6. The largest absolute Gasteiger partial charge is 0.235 e. The summed E-state index contributed by atoms with van der Waals surface area (Å²) in [6.07, 6.45) is 0. The molecule has 2 rings (SSSR count). The molecule has 0 radical (unpaired) electrons. The number of nitrogens with zero attached hydrogens (tertiary/aromatic N) is 1. The van der Waals surface area contributed by atoms with Crippen molar-refractivity contribution in [3.05, 3.63) is 39.2 Å². The van der Waals surface area contributed by atoms with Crippen LogP contribution in [0.5, 0.6) is 0 Å². The molecular weight excluding hydrogens is 292 g/mol. The van der Waals surface area contributed by atoms with Gasteiger partial charge in [0, 0.05) is 9.86 Å². The Balaban J connectivity index is 2.84. The fourth-order valence-corrected chi connectivity index (χ4v) is 2.38. The van der Waals surface area contributed by atoms with E-state index in [1.807, 2.05) is 13.8 Å². The Kier molecular flexibility index (Phi) is 3.17. The Labute approximate surface area is 107 Å². The molecule has 0 aliphatic heterocycles. The van der Waals surface area contributed by atoms with Crippen LogP contribution in [0.25, 0.3) is 10.9 Å². The lowest BCUT2D eigenvalue weighted by Gasteiger charge is -2.10. The van der Waals surface area contributed by atoms with Crippen LogP contribution >= 0.6 is 27.5 Å². The average molecular weight is 303 g/mol. The lowest BCUT2D eigenvalue weighted by Crippen LogP contribution is -1.94. The van der Waals surface area contributed by atoms with Gasteiger partial charge in [0.05, 0.1) is 5.52 Å². The smallest absolute Gasteiger partial charge is 0.133 e. The second-order valence-corrected chi connectivity index (χ2v) is 5.16. The molecule has 2 aromatic rings. The van der Waals surface area contributed by atoms with Crippen LogP contribution in [0.2, 0.25) is 5.15 Å². The topological polar surface area (TPSA) is 12.9 Å². The molecule has 0 amide bonds. The van der Waals surface area contributed by atoms with Crippen LogP contribution in [-0.4, -0.2) is 4.98 Å². The molecular formula is C12H10BrClFN. The molecule has 0 saturated heterocycles. The van der Waals surface area contributed by atoms with E-state index in [1.165, 1.54) is 6.07 Å². The number of rotatable bonds is 1. The summed E-state index contributed by atoms with van der Waals surface area (Å²) in [5.41, 5.74) is 1.43. The van der Waals surface area contributed by atoms with E-state index in [2.05, 4.69) is 20.9 Å². The minimum Gasteiger partial charge on any atom is -0.235 e. The van der Waals surface area contributed by atoms with Crippen LogP contribution in [-0.2, 0) is 0 Å². The van der Waals surface area contributed by atoms with Crippen LogP contribution in [0.3, 0.4) is 0 Å². The van der Waals surface area contributed by atoms with Crippen LogP contribution in [0.15, 0.2) is 22.7 Å². The van der Waals surface area contributed by atoms with Crippen molar-refractivity contribution in [3.8, 4) is 0 Å². The summed E-state index contributed by atoms with van der Waals surface area (Å²) in [5.74, 6) is -0.0490. The predicted octanol–water partition coefficient (Wildman–Crippen LogP) is 4.91. The minimum atomic E-state index is -0.274. The Morgan fingerprint density at radius 1 is 1.38 bits per heavy atom. The van der Waals surface area contributed by atoms with Gasteiger partial charge in [-0.3, -0.25) is 0 Å². The highest BCUT2D eigenvalue weighted by molar-refractivity contribution is 9.10. The fourth-order valence-electron chi connectivity index (χ4n) is 1.59. The third-order valence-electron chi connectivity index (χ3n) is 2.48. The van der Waals surface area contributed by atoms with E-state index >= 15 is 0 Å². The van der Waals surface area contributed by atoms with Crippen LogP contribution in [0.4, 0.5) is 4.39 Å². The molecule has 0 aliphatic carbocycles. The summed E-state index contributed by atoms with van der Waals surface area (Å²) in [7, 11) is 0. The Morgan fingerprint density at radius 3 is 2.69 bits per heavy atom. The van der Waals surface area contributed by atoms with E-state index in [-0.39, 0.29) is 11.7 Å². The van der Waals surface area contributed by atoms with Crippen LogP contribution in [0, 0.1) is 5.82 Å². The van der Waals surface area contributed by atoms with E-state index in [4.69, 9.17) is 11.6 Å². The van der Waals surface area contributed by atoms with Crippen molar-refractivity contribution in [1.29, 1.82) is 0 Å². The van der Waals surface area contributed by atoms with E-state index in [0.717, 1.165) is 10.0 Å². The maximum Gasteiger partial charge on any atom is 0.133 e. The van der Waals surface area contributed by atoms with E-state index in [0.29, 0.717) is 16.1 Å². The molecule has 4 heteroatoms. The molecule has 0 fully saturated rings. The van der Waals surface area contributed by atoms with E-state index in [9.17, 15) is 4.39 Å². The zero-order valence-electron chi connectivity index (χ0n) is 8.89. The van der Waals surface area contributed by atoms with Gasteiger partial charge >= 0.3 is 0 Å². The molecule has 0 atom stereocenters. The van der Waals surface area contributed by atoms with Gasteiger partial charge in [-0.15, -0.1) is 0 Å². The molecule has 1 nitrogen and oxygen atoms in total. The SMILES string of the molecule is CC(C)c1cc2c(F)ccc(Br)c2nc1Cl. The summed E-state index contributed by atoms with van der Waals surface area (Å²) in [6, 6.07) is 4.83. The van der Waals surface area contributed by atoms with Crippen molar-refractivity contribution in [1.82, 2.24) is 4.98 Å². The molecule has 0 saturated carbocycles. The molecule has 1 heterocycles. The highest BCUT2D eigenvalue weighted by Gasteiger charge is 2.12. The zero-order chi connectivity index (χ0) is 11.9. The average Bonchev–Trinajstić information content (AvgIpc) is 2.23. The zero-order valence-corrected chi connectivity index (χ0v) is 11.2. The first-order chi connectivity index (χ1) is 7.50. The quantitative estimate of drug-likeness (QED) is 0.682. The molecule has 0 bridgehead atoms. The monoisotopic (exact) mass is 301 g/mol. The number of halogens is 3. The summed E-state index contributed by atoms with van der Waals surface area (Å²) >= 11 is 9.41. The maximum atomic E-state index is 13.6. The van der Waals surface area contributed by atoms with Crippen molar-refractivity contribution in [2.24, 2.45) is 0 Å². The van der Waals surface area contributed by atoms with Gasteiger partial charge in [-0.25, -0.2) is 9.37 Å². The van der Waals surface area contributed by atoms with Gasteiger partial charge in [-0.1, -0.05) is 25.4 Å². The summed E-state index contributed by atoms with van der Waals surface area (Å²) < 4.78 is 14.4. The normalized spacial score (nSPS) is 11.4. The van der Waals surface area contributed by atoms with E-state index in [1.54, 1.807) is 12.1 Å². The van der Waals surface area contributed by atoms with Gasteiger partial charge in [-0.2, -0.15) is 0 Å². The van der Waals surface area contributed by atoms with Gasteiger partial charge in [0.25, 0.3) is 0 Å². The Hall–Kier alpha value is -0.670. The molecule has 0 N–H and O–H groups in total. The first-order valence-corrected chi connectivity index (χ1v) is 6.12. The van der Waals surface area contributed by atoms with Crippen molar-refractivity contribution < 1.29 is 4.39 Å². The lowest BCUT2D eigenvalue weighted by atomic mass is 10.0. The highest BCUT2D eigenvalue weighted by Crippen LogP contribution is 2.31. The van der Waals surface area contributed by atoms with E-state index < -0.39 is 0 Å². The van der Waals surface area contributed by atoms with Crippen molar-refractivity contribution >= 4 is 38.4 Å². The third-order valence-corrected chi connectivity index (χ3v) is 3.43. The third kappa shape index (κ3) is 1.94. The summed E-state index contributed by atoms with van der Waals surface area (Å²) in [5, 5.41) is 0.941. The second kappa shape index (κ2) is 4.30. The number of hydrogen-bond donors (Lipinski definition) is 0. The number of benzene rings is 1. The molecule has 0 unspecified atom stereocenters. The highest BCUT2D eigenvalue weighted by atomic mass is 79.9. The standard InChI is InChI=1S/C12H10BrClFN/c1-6(2)7-5-8-10(15)4-3-9(13)11(8)16-12(7)14/h3-6H,1-2H3. The fraction of sp³-hybridized carbons (Fsp3) is 0.250. The van der Waals surface area contributed by atoms with Crippen molar-refractivity contribution in [2.75, 3.05) is 0 Å². The number of hydrogen-bond acceptors (Lipinski definition) is 1. The number of fused-ring (bicyclic) bond motifs is 1. The second-order valence-electron chi connectivity index (χ2n) is 3.95. The minimum absolute atomic E-state index is 0.225. The Bertz CT molecular complexity index is 554. The van der Waals surface area contributed by atoms with Crippen molar-refractivity contribution in [2.45, 2.75) is 19.8 Å². The van der Waals surface area contributed by atoms with Gasteiger partial charge in [-0.05, 0) is 45.6 Å². The van der Waals surface area contributed by atoms with Crippen LogP contribution < -0.4 is 0 Å². The van der Waals surface area contributed by atoms with Gasteiger partial charge in [0.1, 0.15) is 11.0 Å². The summed E-state index contributed by atoms with van der Waals surface area (Å²) in [6.45, 7) is 4.01. The molecule has 1 aromatic carbocycles. The molecule has 0 spiro atoms. The number of pyridine rings is 1. The molecule has 1 aromatic heterocycles. The Morgan fingerprint density at radius 2 is 2.06 bits per heavy atom. The predicted molar refractivity (Wildman–Crippen MR) is 68.5 cm³/mol. The molecule has 16 heavy (non-hydrogen) atoms.